The molecule has 1 aromatic rings. The van der Waals surface area contributed by atoms with Gasteiger partial charge in [0.15, 0.2) is 0 Å². The number of aliphatic hydroxyl groups is 1. The van der Waals surface area contributed by atoms with Crippen LogP contribution >= 0.6 is 0 Å². The number of nitrogens with one attached hydrogen (secondary N) is 2. The third kappa shape index (κ3) is 2.99. The Bertz CT molecular complexity index is 648. The Kier molecular flexibility index (Phi) is 4.53. The maximum Gasteiger partial charge on any atom is 0.245 e. The summed E-state index contributed by atoms with van der Waals surface area (Å²) in [6.45, 7) is 0.714. The molecule has 1 aromatic carbocycles. The fourth-order valence-electron chi connectivity index (χ4n) is 3.37. The van der Waals surface area contributed by atoms with Crippen molar-refractivity contribution in [3.63, 3.8) is 0 Å². The smallest absolute Gasteiger partial charge is 0.245 e. The summed E-state index contributed by atoms with van der Waals surface area (Å²) in [5.74, 6) is -0.737. The van der Waals surface area contributed by atoms with Gasteiger partial charge in [0.2, 0.25) is 17.7 Å². The summed E-state index contributed by atoms with van der Waals surface area (Å²) in [6.07, 6.45) is 0.740. The van der Waals surface area contributed by atoms with Crippen LogP contribution in [-0.2, 0) is 20.9 Å². The minimum Gasteiger partial charge on any atom is -0.394 e. The lowest BCUT2D eigenvalue weighted by Gasteiger charge is -2.52. The lowest BCUT2D eigenvalue weighted by Crippen LogP contribution is -2.70. The summed E-state index contributed by atoms with van der Waals surface area (Å²) in [6, 6.07) is 8.51. The van der Waals surface area contributed by atoms with Gasteiger partial charge in [-0.2, -0.15) is 0 Å². The van der Waals surface area contributed by atoms with Gasteiger partial charge in [-0.15, -0.1) is 0 Å². The average molecular weight is 331 g/mol. The van der Waals surface area contributed by atoms with E-state index in [9.17, 15) is 19.5 Å². The Labute approximate surface area is 140 Å². The van der Waals surface area contributed by atoms with E-state index in [0.717, 1.165) is 5.56 Å². The highest BCUT2D eigenvalue weighted by molar-refractivity contribution is 5.98. The van der Waals surface area contributed by atoms with Crippen LogP contribution in [0.3, 0.4) is 0 Å². The van der Waals surface area contributed by atoms with Gasteiger partial charge in [-0.05, 0) is 12.0 Å². The molecule has 3 amide bonds. The third-order valence-electron chi connectivity index (χ3n) is 4.77. The lowest BCUT2D eigenvalue weighted by atomic mass is 9.70. The molecule has 0 saturated carbocycles. The van der Waals surface area contributed by atoms with Gasteiger partial charge in [0.25, 0.3) is 0 Å². The van der Waals surface area contributed by atoms with Gasteiger partial charge < -0.3 is 20.6 Å². The van der Waals surface area contributed by atoms with Crippen molar-refractivity contribution in [1.82, 2.24) is 15.5 Å². The van der Waals surface area contributed by atoms with Gasteiger partial charge >= 0.3 is 0 Å². The number of carbonyl (C=O) groups is 3. The van der Waals surface area contributed by atoms with Crippen LogP contribution in [0.5, 0.6) is 0 Å². The molecule has 1 spiro atoms. The number of nitrogens with zero attached hydrogens (tertiary/aromatic N) is 1. The first-order valence-electron chi connectivity index (χ1n) is 8.06. The lowest BCUT2D eigenvalue weighted by molar-refractivity contribution is -0.174. The molecule has 2 atom stereocenters. The Morgan fingerprint density at radius 1 is 1.33 bits per heavy atom. The van der Waals surface area contributed by atoms with E-state index in [-0.39, 0.29) is 24.1 Å². The van der Waals surface area contributed by atoms with Gasteiger partial charge in [-0.3, -0.25) is 14.4 Å². The molecule has 2 heterocycles. The van der Waals surface area contributed by atoms with E-state index in [0.29, 0.717) is 26.1 Å². The number of hydrogen-bond acceptors (Lipinski definition) is 4. The third-order valence-corrected chi connectivity index (χ3v) is 4.77. The molecule has 0 aromatic heterocycles. The molecule has 0 bridgehead atoms. The number of rotatable bonds is 5. The molecule has 24 heavy (non-hydrogen) atoms. The largest absolute Gasteiger partial charge is 0.394 e. The van der Waals surface area contributed by atoms with E-state index < -0.39 is 18.1 Å². The van der Waals surface area contributed by atoms with E-state index in [1.165, 1.54) is 4.90 Å². The zero-order valence-corrected chi connectivity index (χ0v) is 13.3. The van der Waals surface area contributed by atoms with E-state index in [1.54, 1.807) is 0 Å². The van der Waals surface area contributed by atoms with Gasteiger partial charge in [0, 0.05) is 26.1 Å². The molecule has 2 saturated heterocycles. The van der Waals surface area contributed by atoms with E-state index >= 15 is 0 Å². The molecule has 7 nitrogen and oxygen atoms in total. The van der Waals surface area contributed by atoms with Crippen LogP contribution in [0.25, 0.3) is 0 Å². The fourth-order valence-corrected chi connectivity index (χ4v) is 3.37. The van der Waals surface area contributed by atoms with Crippen molar-refractivity contribution in [2.24, 2.45) is 5.41 Å². The topological polar surface area (TPSA) is 98.7 Å². The summed E-state index contributed by atoms with van der Waals surface area (Å²) in [7, 11) is 0. The molecule has 3 N–H and O–H groups in total. The number of amides is 3. The van der Waals surface area contributed by atoms with E-state index in [1.807, 2.05) is 30.3 Å². The summed E-state index contributed by atoms with van der Waals surface area (Å²) >= 11 is 0. The van der Waals surface area contributed by atoms with Crippen molar-refractivity contribution in [2.45, 2.75) is 25.4 Å². The van der Waals surface area contributed by atoms with Crippen LogP contribution in [0.2, 0.25) is 0 Å². The van der Waals surface area contributed by atoms with Crippen LogP contribution in [-0.4, -0.2) is 53.5 Å². The molecule has 128 valence electrons. The quantitative estimate of drug-likeness (QED) is 0.628. The molecule has 2 aliphatic heterocycles. The Hall–Kier alpha value is -2.41. The highest BCUT2D eigenvalue weighted by atomic mass is 16.3. The first-order chi connectivity index (χ1) is 11.6. The fraction of sp³-hybridized carbons (Fsp3) is 0.471. The number of hydrogen-bond donors (Lipinski definition) is 3. The predicted molar refractivity (Wildman–Crippen MR) is 85.6 cm³/mol. The second-order valence-corrected chi connectivity index (χ2v) is 6.39. The van der Waals surface area contributed by atoms with Crippen molar-refractivity contribution in [3.8, 4) is 0 Å². The Morgan fingerprint density at radius 3 is 2.71 bits per heavy atom. The van der Waals surface area contributed by atoms with E-state index in [4.69, 9.17) is 0 Å². The summed E-state index contributed by atoms with van der Waals surface area (Å²) < 4.78 is 0. The zero-order valence-electron chi connectivity index (χ0n) is 13.3. The molecule has 0 aliphatic carbocycles. The molecule has 2 aliphatic rings. The molecule has 1 unspecified atom stereocenters. The molecular weight excluding hydrogens is 310 g/mol. The number of carbonyl (C=O) groups excluding carboxylic acids is 3. The number of benzene rings is 1. The van der Waals surface area contributed by atoms with Crippen LogP contribution in [0.4, 0.5) is 0 Å². The van der Waals surface area contributed by atoms with Crippen LogP contribution in [0.1, 0.15) is 18.4 Å². The Morgan fingerprint density at radius 2 is 2.08 bits per heavy atom. The standard InChI is InChI=1S/C17H21N3O4/c21-10-13(15(23)19-9-12-4-2-1-3-5-12)20-11-17(16(20)24)6-7-18-14(22)8-17/h1-5,13,21H,6-11H2,(H,18,22)(H,19,23)/t13-,17?/m0/s1. The summed E-state index contributed by atoms with van der Waals surface area (Å²) in [5, 5.41) is 15.0. The van der Waals surface area contributed by atoms with Crippen molar-refractivity contribution >= 4 is 17.7 Å². The average Bonchev–Trinajstić information content (AvgIpc) is 2.60. The normalized spacial score (nSPS) is 24.3. The second kappa shape index (κ2) is 6.60. The molecule has 3 rings (SSSR count). The number of piperidine rings is 1. The van der Waals surface area contributed by atoms with Crippen molar-refractivity contribution < 1.29 is 19.5 Å². The maximum atomic E-state index is 12.5. The summed E-state index contributed by atoms with van der Waals surface area (Å²) in [5.41, 5.74) is 0.257. The van der Waals surface area contributed by atoms with Crippen molar-refractivity contribution in [2.75, 3.05) is 19.7 Å². The maximum absolute atomic E-state index is 12.5. The second-order valence-electron chi connectivity index (χ2n) is 6.39. The van der Waals surface area contributed by atoms with Crippen molar-refractivity contribution in [3.05, 3.63) is 35.9 Å². The van der Waals surface area contributed by atoms with Crippen molar-refractivity contribution in [1.29, 1.82) is 0 Å². The minimum absolute atomic E-state index is 0.136. The molecule has 7 heteroatoms. The first-order valence-corrected chi connectivity index (χ1v) is 8.06. The Balaban J connectivity index is 1.59. The first kappa shape index (κ1) is 16.4. The van der Waals surface area contributed by atoms with Gasteiger partial charge in [-0.25, -0.2) is 0 Å². The van der Waals surface area contributed by atoms with Crippen LogP contribution in [0.15, 0.2) is 30.3 Å². The van der Waals surface area contributed by atoms with Gasteiger partial charge in [0.1, 0.15) is 6.04 Å². The highest BCUT2D eigenvalue weighted by Crippen LogP contribution is 2.41. The van der Waals surface area contributed by atoms with Gasteiger partial charge in [0.05, 0.1) is 12.0 Å². The zero-order chi connectivity index (χ0) is 17.2. The highest BCUT2D eigenvalue weighted by Gasteiger charge is 2.56. The van der Waals surface area contributed by atoms with Crippen LogP contribution in [0, 0.1) is 5.41 Å². The SMILES string of the molecule is O=C1CC2(CCN1)CN([C@@H](CO)C(=O)NCc1ccccc1)C2=O. The number of aliphatic hydroxyl groups excluding tert-OH is 1. The number of likely N-dealkylation sites (tertiary alicyclic amines) is 1. The molecule has 0 radical (unpaired) electrons. The van der Waals surface area contributed by atoms with Gasteiger partial charge in [-0.1, -0.05) is 30.3 Å². The van der Waals surface area contributed by atoms with E-state index in [2.05, 4.69) is 10.6 Å². The predicted octanol–water partition coefficient (Wildman–Crippen LogP) is -0.598. The minimum atomic E-state index is -0.906. The summed E-state index contributed by atoms with van der Waals surface area (Å²) in [4.78, 5) is 37.8. The number of β-lactam (4-membered cyclic amide) rings is 1. The molecule has 2 fully saturated rings. The van der Waals surface area contributed by atoms with Crippen LogP contribution < -0.4 is 10.6 Å². The monoisotopic (exact) mass is 331 g/mol. The molecular formula is C17H21N3O4.